The van der Waals surface area contributed by atoms with E-state index in [0.717, 1.165) is 32.0 Å². The SMILES string of the molecule is CC1CN(CC(=O)N2CCCC3CCCCC32)CCC1N.Cl. The van der Waals surface area contributed by atoms with Gasteiger partial charge in [0.1, 0.15) is 0 Å². The zero-order chi connectivity index (χ0) is 14.8. The predicted octanol–water partition coefficient (Wildman–Crippen LogP) is 2.26. The molecule has 22 heavy (non-hydrogen) atoms. The average Bonchev–Trinajstić information content (AvgIpc) is 2.50. The van der Waals surface area contributed by atoms with Crippen LogP contribution in [0.15, 0.2) is 0 Å². The Bertz CT molecular complexity index is 377. The summed E-state index contributed by atoms with van der Waals surface area (Å²) in [6.07, 6.45) is 8.81. The van der Waals surface area contributed by atoms with Gasteiger partial charge in [0, 0.05) is 31.7 Å². The van der Waals surface area contributed by atoms with E-state index in [0.29, 0.717) is 30.5 Å². The van der Waals surface area contributed by atoms with Gasteiger partial charge in [0.2, 0.25) is 5.91 Å². The Labute approximate surface area is 141 Å². The molecule has 0 aromatic heterocycles. The summed E-state index contributed by atoms with van der Waals surface area (Å²) in [5, 5.41) is 0. The lowest BCUT2D eigenvalue weighted by atomic mass is 9.78. The van der Waals surface area contributed by atoms with Gasteiger partial charge in [-0.1, -0.05) is 19.8 Å². The number of carbonyl (C=O) groups excluding carboxylic acids is 1. The molecule has 0 radical (unpaired) electrons. The Morgan fingerprint density at radius 3 is 2.59 bits per heavy atom. The number of nitrogens with two attached hydrogens (primary N) is 1. The van der Waals surface area contributed by atoms with Crippen LogP contribution in [0.1, 0.15) is 51.9 Å². The van der Waals surface area contributed by atoms with E-state index >= 15 is 0 Å². The van der Waals surface area contributed by atoms with Crippen molar-refractivity contribution in [1.82, 2.24) is 9.80 Å². The molecule has 1 amide bonds. The van der Waals surface area contributed by atoms with E-state index in [1.165, 1.54) is 38.5 Å². The Hall–Kier alpha value is -0.320. The van der Waals surface area contributed by atoms with Crippen LogP contribution in [0.25, 0.3) is 0 Å². The molecule has 4 nitrogen and oxygen atoms in total. The molecule has 3 aliphatic rings. The monoisotopic (exact) mass is 329 g/mol. The summed E-state index contributed by atoms with van der Waals surface area (Å²) in [5.74, 6) is 1.66. The number of rotatable bonds is 2. The van der Waals surface area contributed by atoms with Gasteiger partial charge >= 0.3 is 0 Å². The third kappa shape index (κ3) is 3.95. The molecule has 1 saturated carbocycles. The van der Waals surface area contributed by atoms with E-state index in [-0.39, 0.29) is 12.4 Å². The molecule has 1 aliphatic carbocycles. The Morgan fingerprint density at radius 2 is 1.82 bits per heavy atom. The van der Waals surface area contributed by atoms with Crippen LogP contribution in [0.2, 0.25) is 0 Å². The first-order valence-electron chi connectivity index (χ1n) is 8.92. The molecule has 4 atom stereocenters. The molecule has 3 fully saturated rings. The van der Waals surface area contributed by atoms with Gasteiger partial charge in [-0.2, -0.15) is 0 Å². The highest BCUT2D eigenvalue weighted by Crippen LogP contribution is 2.35. The van der Waals surface area contributed by atoms with Crippen molar-refractivity contribution in [3.63, 3.8) is 0 Å². The normalized spacial score (nSPS) is 36.4. The van der Waals surface area contributed by atoms with Crippen LogP contribution in [-0.2, 0) is 4.79 Å². The highest BCUT2D eigenvalue weighted by Gasteiger charge is 2.36. The summed E-state index contributed by atoms with van der Waals surface area (Å²) >= 11 is 0. The van der Waals surface area contributed by atoms with Crippen molar-refractivity contribution < 1.29 is 4.79 Å². The lowest BCUT2D eigenvalue weighted by Crippen LogP contribution is -2.54. The minimum Gasteiger partial charge on any atom is -0.338 e. The number of amides is 1. The number of nitrogens with zero attached hydrogens (tertiary/aromatic N) is 2. The van der Waals surface area contributed by atoms with E-state index < -0.39 is 0 Å². The summed E-state index contributed by atoms with van der Waals surface area (Å²) in [5.41, 5.74) is 6.08. The largest absolute Gasteiger partial charge is 0.338 e. The molecule has 0 aromatic carbocycles. The second-order valence-electron chi connectivity index (χ2n) is 7.51. The maximum Gasteiger partial charge on any atom is 0.237 e. The lowest BCUT2D eigenvalue weighted by molar-refractivity contribution is -0.139. The molecule has 0 aromatic rings. The molecule has 2 N–H and O–H groups in total. The van der Waals surface area contributed by atoms with E-state index in [1.54, 1.807) is 0 Å². The predicted molar refractivity (Wildman–Crippen MR) is 92.1 cm³/mol. The van der Waals surface area contributed by atoms with Crippen LogP contribution in [0, 0.1) is 11.8 Å². The van der Waals surface area contributed by atoms with Gasteiger partial charge in [-0.15, -0.1) is 12.4 Å². The summed E-state index contributed by atoms with van der Waals surface area (Å²) in [4.78, 5) is 17.3. The van der Waals surface area contributed by atoms with Crippen molar-refractivity contribution in [1.29, 1.82) is 0 Å². The quantitative estimate of drug-likeness (QED) is 0.845. The topological polar surface area (TPSA) is 49.6 Å². The smallest absolute Gasteiger partial charge is 0.237 e. The number of likely N-dealkylation sites (tertiary alicyclic amines) is 2. The summed E-state index contributed by atoms with van der Waals surface area (Å²) in [6.45, 7) is 5.77. The number of halogens is 1. The standard InChI is InChI=1S/C17H31N3O.ClH/c1-13-11-19(10-8-15(13)18)12-17(21)20-9-4-6-14-5-2-3-7-16(14)20;/h13-16H,2-12,18H2,1H3;1H. The van der Waals surface area contributed by atoms with Gasteiger partial charge in [-0.25, -0.2) is 0 Å². The van der Waals surface area contributed by atoms with Gasteiger partial charge in [0.05, 0.1) is 6.54 Å². The highest BCUT2D eigenvalue weighted by molar-refractivity contribution is 5.85. The second kappa shape index (κ2) is 7.98. The Kier molecular flexibility index (Phi) is 6.54. The first-order valence-corrected chi connectivity index (χ1v) is 8.92. The maximum atomic E-state index is 12.8. The van der Waals surface area contributed by atoms with Gasteiger partial charge in [0.15, 0.2) is 0 Å². The van der Waals surface area contributed by atoms with Crippen LogP contribution in [0.4, 0.5) is 0 Å². The fraction of sp³-hybridized carbons (Fsp3) is 0.941. The van der Waals surface area contributed by atoms with Crippen molar-refractivity contribution >= 4 is 18.3 Å². The Balaban J connectivity index is 0.00000176. The van der Waals surface area contributed by atoms with E-state index in [2.05, 4.69) is 16.7 Å². The molecule has 5 heteroatoms. The summed E-state index contributed by atoms with van der Waals surface area (Å²) in [7, 11) is 0. The Morgan fingerprint density at radius 1 is 1.09 bits per heavy atom. The first kappa shape index (κ1) is 18.0. The van der Waals surface area contributed by atoms with Crippen LogP contribution < -0.4 is 5.73 Å². The molecule has 3 rings (SSSR count). The molecule has 2 heterocycles. The van der Waals surface area contributed by atoms with Gasteiger partial charge < -0.3 is 10.6 Å². The number of hydrogen-bond acceptors (Lipinski definition) is 3. The van der Waals surface area contributed by atoms with Crippen molar-refractivity contribution in [2.24, 2.45) is 17.6 Å². The zero-order valence-corrected chi connectivity index (χ0v) is 14.7. The van der Waals surface area contributed by atoms with Crippen LogP contribution in [0.3, 0.4) is 0 Å². The van der Waals surface area contributed by atoms with Crippen molar-refractivity contribution in [3.05, 3.63) is 0 Å². The van der Waals surface area contributed by atoms with E-state index in [4.69, 9.17) is 5.73 Å². The molecule has 0 bridgehead atoms. The van der Waals surface area contributed by atoms with Crippen molar-refractivity contribution in [2.75, 3.05) is 26.2 Å². The maximum absolute atomic E-state index is 12.8. The number of piperidine rings is 2. The molecular formula is C17H32ClN3O. The molecular weight excluding hydrogens is 298 g/mol. The average molecular weight is 330 g/mol. The zero-order valence-electron chi connectivity index (χ0n) is 13.9. The molecule has 2 aliphatic heterocycles. The van der Waals surface area contributed by atoms with Gasteiger partial charge in [0.25, 0.3) is 0 Å². The summed E-state index contributed by atoms with van der Waals surface area (Å²) in [6, 6.07) is 0.860. The van der Waals surface area contributed by atoms with Crippen LogP contribution in [0.5, 0.6) is 0 Å². The second-order valence-corrected chi connectivity index (χ2v) is 7.51. The van der Waals surface area contributed by atoms with Gasteiger partial charge in [-0.3, -0.25) is 9.69 Å². The summed E-state index contributed by atoms with van der Waals surface area (Å²) < 4.78 is 0. The number of fused-ring (bicyclic) bond motifs is 1. The first-order chi connectivity index (χ1) is 10.1. The van der Waals surface area contributed by atoms with Crippen LogP contribution in [-0.4, -0.2) is 54.0 Å². The fourth-order valence-corrected chi connectivity index (χ4v) is 4.61. The number of hydrogen-bond donors (Lipinski definition) is 1. The third-order valence-electron chi connectivity index (χ3n) is 5.98. The van der Waals surface area contributed by atoms with Crippen molar-refractivity contribution in [2.45, 2.75) is 64.0 Å². The highest BCUT2D eigenvalue weighted by atomic mass is 35.5. The molecule has 4 unspecified atom stereocenters. The van der Waals surface area contributed by atoms with E-state index in [1.807, 2.05) is 0 Å². The van der Waals surface area contributed by atoms with E-state index in [9.17, 15) is 4.79 Å². The molecule has 0 spiro atoms. The molecule has 2 saturated heterocycles. The fourth-order valence-electron chi connectivity index (χ4n) is 4.61. The van der Waals surface area contributed by atoms with Gasteiger partial charge in [-0.05, 0) is 43.9 Å². The van der Waals surface area contributed by atoms with Crippen LogP contribution >= 0.6 is 12.4 Å². The van der Waals surface area contributed by atoms with Crippen molar-refractivity contribution in [3.8, 4) is 0 Å². The minimum absolute atomic E-state index is 0. The number of carbonyl (C=O) groups is 1. The lowest BCUT2D eigenvalue weighted by Gasteiger charge is -2.45. The molecule has 128 valence electrons. The third-order valence-corrected chi connectivity index (χ3v) is 5.98. The minimum atomic E-state index is 0.